The van der Waals surface area contributed by atoms with Gasteiger partial charge in [0.2, 0.25) is 0 Å². The molecule has 0 aliphatic heterocycles. The van der Waals surface area contributed by atoms with Gasteiger partial charge in [-0.25, -0.2) is 4.79 Å². The van der Waals surface area contributed by atoms with E-state index < -0.39 is 0 Å². The summed E-state index contributed by atoms with van der Waals surface area (Å²) in [5, 5.41) is 10.5. The van der Waals surface area contributed by atoms with Gasteiger partial charge in [0.15, 0.2) is 0 Å². The lowest BCUT2D eigenvalue weighted by atomic mass is 10.3. The van der Waals surface area contributed by atoms with E-state index in [0.717, 1.165) is 10.4 Å². The molecule has 0 saturated carbocycles. The average Bonchev–Trinajstić information content (AvgIpc) is 2.87. The van der Waals surface area contributed by atoms with Crippen molar-refractivity contribution in [2.24, 2.45) is 7.05 Å². The second kappa shape index (κ2) is 6.37. The maximum atomic E-state index is 11.9. The van der Waals surface area contributed by atoms with Gasteiger partial charge in [0.1, 0.15) is 0 Å². The first kappa shape index (κ1) is 14.3. The second-order valence-corrected chi connectivity index (χ2v) is 5.21. The minimum atomic E-state index is -0.334. The molecule has 2 rings (SSSR count). The Morgan fingerprint density at radius 2 is 2.20 bits per heavy atom. The van der Waals surface area contributed by atoms with Gasteiger partial charge in [-0.05, 0) is 6.07 Å². The number of hydrogen-bond donors (Lipinski definition) is 1. The Kier molecular flexibility index (Phi) is 4.56. The van der Waals surface area contributed by atoms with Crippen LogP contribution in [0.15, 0.2) is 33.3 Å². The molecule has 2 heterocycles. The second-order valence-electron chi connectivity index (χ2n) is 4.21. The van der Waals surface area contributed by atoms with Gasteiger partial charge in [0.05, 0.1) is 13.2 Å². The number of rotatable bonds is 3. The first-order valence-corrected chi connectivity index (χ1v) is 6.93. The molecule has 2 aromatic rings. The summed E-state index contributed by atoms with van der Waals surface area (Å²) in [6.07, 6.45) is 1.89. The summed E-state index contributed by atoms with van der Waals surface area (Å²) in [6, 6.07) is 3.23. The fraction of sp³-hybridized carbons (Fsp3) is 0.286. The van der Waals surface area contributed by atoms with Gasteiger partial charge in [0, 0.05) is 41.6 Å². The molecule has 0 radical (unpaired) electrons. The van der Waals surface area contributed by atoms with Crippen molar-refractivity contribution < 1.29 is 5.11 Å². The number of aromatic nitrogens is 2. The fourth-order valence-electron chi connectivity index (χ4n) is 1.66. The van der Waals surface area contributed by atoms with E-state index in [1.165, 1.54) is 32.7 Å². The Labute approximate surface area is 119 Å². The molecule has 2 aromatic heterocycles. The number of aliphatic hydroxyl groups excluding tert-OH is 1. The van der Waals surface area contributed by atoms with E-state index >= 15 is 0 Å². The van der Waals surface area contributed by atoms with Gasteiger partial charge >= 0.3 is 5.69 Å². The molecular formula is C14H14N2O3S. The van der Waals surface area contributed by atoms with Crippen LogP contribution in [0.5, 0.6) is 0 Å². The van der Waals surface area contributed by atoms with Crippen molar-refractivity contribution in [2.75, 3.05) is 6.61 Å². The normalized spacial score (nSPS) is 10.1. The molecule has 0 fully saturated rings. The van der Waals surface area contributed by atoms with Crippen LogP contribution in [0.3, 0.4) is 0 Å². The molecule has 104 valence electrons. The smallest absolute Gasteiger partial charge is 0.331 e. The molecule has 0 aliphatic carbocycles. The van der Waals surface area contributed by atoms with E-state index in [1.807, 2.05) is 11.4 Å². The summed E-state index contributed by atoms with van der Waals surface area (Å²) in [4.78, 5) is 24.5. The summed E-state index contributed by atoms with van der Waals surface area (Å²) >= 11 is 1.45. The van der Waals surface area contributed by atoms with E-state index in [1.54, 1.807) is 7.05 Å². The molecule has 0 bridgehead atoms. The highest BCUT2D eigenvalue weighted by atomic mass is 32.1. The van der Waals surface area contributed by atoms with Crippen LogP contribution < -0.4 is 11.2 Å². The van der Waals surface area contributed by atoms with Crippen LogP contribution in [0.1, 0.15) is 16.9 Å². The lowest BCUT2D eigenvalue weighted by molar-refractivity contribution is 0.305. The maximum Gasteiger partial charge on any atom is 0.331 e. The van der Waals surface area contributed by atoms with Crippen LogP contribution in [0, 0.1) is 11.8 Å². The number of thiophene rings is 1. The number of aryl methyl sites for hydroxylation is 1. The Morgan fingerprint density at radius 3 is 2.95 bits per heavy atom. The lowest BCUT2D eigenvalue weighted by Gasteiger charge is -2.04. The SMILES string of the molecule is Cn1ccc(=O)n(Cc2cc(C#CCCO)cs2)c1=O. The highest BCUT2D eigenvalue weighted by Crippen LogP contribution is 2.14. The van der Waals surface area contributed by atoms with Crippen LogP contribution in [0.25, 0.3) is 0 Å². The third-order valence-electron chi connectivity index (χ3n) is 2.68. The zero-order valence-corrected chi connectivity index (χ0v) is 11.8. The highest BCUT2D eigenvalue weighted by Gasteiger charge is 2.05. The Balaban J connectivity index is 2.24. The van der Waals surface area contributed by atoms with Crippen molar-refractivity contribution in [1.29, 1.82) is 0 Å². The van der Waals surface area contributed by atoms with Crippen molar-refractivity contribution in [3.63, 3.8) is 0 Å². The first-order valence-electron chi connectivity index (χ1n) is 6.05. The van der Waals surface area contributed by atoms with E-state index in [-0.39, 0.29) is 24.4 Å². The predicted molar refractivity (Wildman–Crippen MR) is 77.9 cm³/mol. The molecule has 5 nitrogen and oxygen atoms in total. The summed E-state index contributed by atoms with van der Waals surface area (Å²) in [5.74, 6) is 5.75. The molecule has 20 heavy (non-hydrogen) atoms. The summed E-state index contributed by atoms with van der Waals surface area (Å²) in [5.41, 5.74) is 0.187. The van der Waals surface area contributed by atoms with Gasteiger partial charge in [0.25, 0.3) is 5.56 Å². The molecule has 0 amide bonds. The number of hydrogen-bond acceptors (Lipinski definition) is 4. The zero-order chi connectivity index (χ0) is 14.5. The Hall–Kier alpha value is -2.10. The molecule has 0 unspecified atom stereocenters. The lowest BCUT2D eigenvalue weighted by Crippen LogP contribution is -2.37. The molecule has 0 aliphatic rings. The van der Waals surface area contributed by atoms with Crippen molar-refractivity contribution >= 4 is 11.3 Å². The summed E-state index contributed by atoms with van der Waals surface area (Å²) < 4.78 is 2.56. The molecule has 0 atom stereocenters. The van der Waals surface area contributed by atoms with E-state index in [2.05, 4.69) is 11.8 Å². The maximum absolute atomic E-state index is 11.9. The van der Waals surface area contributed by atoms with Crippen molar-refractivity contribution in [1.82, 2.24) is 9.13 Å². The Morgan fingerprint density at radius 1 is 1.40 bits per heavy atom. The monoisotopic (exact) mass is 290 g/mol. The van der Waals surface area contributed by atoms with Crippen LogP contribution >= 0.6 is 11.3 Å². The topological polar surface area (TPSA) is 64.2 Å². The fourth-order valence-corrected chi connectivity index (χ4v) is 2.47. The average molecular weight is 290 g/mol. The zero-order valence-electron chi connectivity index (χ0n) is 11.0. The molecular weight excluding hydrogens is 276 g/mol. The largest absolute Gasteiger partial charge is 0.395 e. The van der Waals surface area contributed by atoms with Gasteiger partial charge in [-0.1, -0.05) is 11.8 Å². The molecule has 0 spiro atoms. The van der Waals surface area contributed by atoms with Crippen LogP contribution in [-0.2, 0) is 13.6 Å². The van der Waals surface area contributed by atoms with E-state index in [4.69, 9.17) is 5.11 Å². The van der Waals surface area contributed by atoms with Gasteiger partial charge in [-0.15, -0.1) is 11.3 Å². The molecule has 6 heteroatoms. The van der Waals surface area contributed by atoms with E-state index in [9.17, 15) is 9.59 Å². The summed E-state index contributed by atoms with van der Waals surface area (Å²) in [7, 11) is 1.61. The minimum absolute atomic E-state index is 0.0411. The standard InChI is InChI=1S/C14H14N2O3S/c1-15-6-5-13(18)16(14(15)19)9-12-8-11(10-20-12)4-2-3-7-17/h5-6,8,10,17H,3,7,9H2,1H3. The quantitative estimate of drug-likeness (QED) is 0.832. The molecule has 0 saturated heterocycles. The van der Waals surface area contributed by atoms with Crippen LogP contribution in [0.2, 0.25) is 0 Å². The molecule has 0 aromatic carbocycles. The number of nitrogens with zero attached hydrogens (tertiary/aromatic N) is 2. The van der Waals surface area contributed by atoms with Crippen LogP contribution in [-0.4, -0.2) is 20.8 Å². The van der Waals surface area contributed by atoms with Crippen molar-refractivity contribution in [3.8, 4) is 11.8 Å². The third-order valence-corrected chi connectivity index (χ3v) is 3.60. The highest BCUT2D eigenvalue weighted by molar-refractivity contribution is 7.10. The first-order chi connectivity index (χ1) is 9.61. The van der Waals surface area contributed by atoms with Gasteiger partial charge in [-0.3, -0.25) is 9.36 Å². The van der Waals surface area contributed by atoms with Gasteiger partial charge < -0.3 is 9.67 Å². The Bertz CT molecular complexity index is 774. The van der Waals surface area contributed by atoms with E-state index in [0.29, 0.717) is 6.42 Å². The van der Waals surface area contributed by atoms with Crippen molar-refractivity contribution in [2.45, 2.75) is 13.0 Å². The van der Waals surface area contributed by atoms with Crippen molar-refractivity contribution in [3.05, 3.63) is 55.0 Å². The summed E-state index contributed by atoms with van der Waals surface area (Å²) in [6.45, 7) is 0.290. The number of aliphatic hydroxyl groups is 1. The van der Waals surface area contributed by atoms with Crippen LogP contribution in [0.4, 0.5) is 0 Å². The van der Waals surface area contributed by atoms with Gasteiger partial charge in [-0.2, -0.15) is 0 Å². The predicted octanol–water partition coefficient (Wildman–Crippen LogP) is 0.391. The third kappa shape index (κ3) is 3.26. The molecule has 1 N–H and O–H groups in total. The minimum Gasteiger partial charge on any atom is -0.395 e.